The van der Waals surface area contributed by atoms with E-state index in [1.165, 1.54) is 0 Å². The number of hydrogen-bond acceptors (Lipinski definition) is 4. The molecule has 0 spiro atoms. The van der Waals surface area contributed by atoms with Crippen LogP contribution >= 0.6 is 0 Å². The highest BCUT2D eigenvalue weighted by Gasteiger charge is 2.17. The van der Waals surface area contributed by atoms with Crippen LogP contribution in [-0.4, -0.2) is 29.3 Å². The van der Waals surface area contributed by atoms with Crippen LogP contribution in [0.2, 0.25) is 0 Å². The minimum Gasteiger partial charge on any atom is -0.488 e. The average molecular weight is 216 g/mol. The quantitative estimate of drug-likeness (QED) is 0.767. The third-order valence-corrected chi connectivity index (χ3v) is 2.67. The lowest BCUT2D eigenvalue weighted by atomic mass is 10.2. The first-order valence-corrected chi connectivity index (χ1v) is 5.36. The van der Waals surface area contributed by atoms with Crippen molar-refractivity contribution in [1.82, 2.24) is 9.97 Å². The van der Waals surface area contributed by atoms with Gasteiger partial charge >= 0.3 is 0 Å². The van der Waals surface area contributed by atoms with Gasteiger partial charge < -0.3 is 9.47 Å². The number of aromatic nitrogens is 2. The van der Waals surface area contributed by atoms with E-state index in [-0.39, 0.29) is 6.10 Å². The third-order valence-electron chi connectivity index (χ3n) is 2.67. The van der Waals surface area contributed by atoms with Crippen molar-refractivity contribution in [2.45, 2.75) is 12.5 Å². The molecule has 1 unspecified atom stereocenters. The number of hydrogen-bond donors (Lipinski definition) is 0. The molecular weight excluding hydrogens is 204 g/mol. The average Bonchev–Trinajstić information content (AvgIpc) is 2.82. The molecule has 82 valence electrons. The number of nitrogens with zero attached hydrogens (tertiary/aromatic N) is 2. The van der Waals surface area contributed by atoms with Gasteiger partial charge in [0.15, 0.2) is 0 Å². The zero-order chi connectivity index (χ0) is 10.8. The van der Waals surface area contributed by atoms with Crippen molar-refractivity contribution < 1.29 is 9.47 Å². The molecule has 1 aliphatic heterocycles. The zero-order valence-electron chi connectivity index (χ0n) is 8.80. The topological polar surface area (TPSA) is 44.2 Å². The van der Waals surface area contributed by atoms with Gasteiger partial charge in [-0.15, -0.1) is 0 Å². The van der Waals surface area contributed by atoms with Gasteiger partial charge in [-0.25, -0.2) is 9.97 Å². The van der Waals surface area contributed by atoms with Gasteiger partial charge in [0.25, 0.3) is 0 Å². The highest BCUT2D eigenvalue weighted by molar-refractivity contribution is 5.78. The Kier molecular flexibility index (Phi) is 2.42. The summed E-state index contributed by atoms with van der Waals surface area (Å²) in [6, 6.07) is 5.86. The Morgan fingerprint density at radius 3 is 3.25 bits per heavy atom. The molecule has 2 aromatic rings. The van der Waals surface area contributed by atoms with Crippen LogP contribution in [0.5, 0.6) is 5.75 Å². The summed E-state index contributed by atoms with van der Waals surface area (Å²) in [4.78, 5) is 8.17. The first kappa shape index (κ1) is 9.54. The van der Waals surface area contributed by atoms with E-state index in [0.717, 1.165) is 29.7 Å². The molecule has 1 aromatic heterocycles. The number of fused-ring (bicyclic) bond motifs is 1. The van der Waals surface area contributed by atoms with Crippen molar-refractivity contribution in [2.24, 2.45) is 0 Å². The second-order valence-corrected chi connectivity index (χ2v) is 3.85. The smallest absolute Gasteiger partial charge is 0.124 e. The second-order valence-electron chi connectivity index (χ2n) is 3.85. The molecule has 0 bridgehead atoms. The Balaban J connectivity index is 1.86. The molecule has 0 amide bonds. The van der Waals surface area contributed by atoms with Crippen LogP contribution in [0.1, 0.15) is 6.42 Å². The van der Waals surface area contributed by atoms with Crippen molar-refractivity contribution in [3.63, 3.8) is 0 Å². The maximum atomic E-state index is 5.80. The van der Waals surface area contributed by atoms with Crippen LogP contribution < -0.4 is 4.74 Å². The molecule has 3 rings (SSSR count). The maximum Gasteiger partial charge on any atom is 0.124 e. The van der Waals surface area contributed by atoms with Gasteiger partial charge in [-0.05, 0) is 12.1 Å². The predicted octanol–water partition coefficient (Wildman–Crippen LogP) is 1.80. The molecule has 0 aliphatic carbocycles. The molecule has 1 atom stereocenters. The summed E-state index contributed by atoms with van der Waals surface area (Å²) < 4.78 is 11.1. The first-order chi connectivity index (χ1) is 7.92. The molecule has 0 saturated carbocycles. The molecule has 1 saturated heterocycles. The highest BCUT2D eigenvalue weighted by atomic mass is 16.5. The van der Waals surface area contributed by atoms with E-state index < -0.39 is 0 Å². The molecular formula is C12H12N2O2. The summed E-state index contributed by atoms with van der Waals surface area (Å²) in [5, 5.41) is 1.03. The lowest BCUT2D eigenvalue weighted by Crippen LogP contribution is -2.15. The fourth-order valence-corrected chi connectivity index (χ4v) is 1.83. The van der Waals surface area contributed by atoms with Crippen molar-refractivity contribution in [3.05, 3.63) is 30.7 Å². The largest absolute Gasteiger partial charge is 0.488 e. The molecule has 1 aliphatic rings. The first-order valence-electron chi connectivity index (χ1n) is 5.36. The van der Waals surface area contributed by atoms with E-state index in [0.29, 0.717) is 6.61 Å². The van der Waals surface area contributed by atoms with Crippen LogP contribution in [0.3, 0.4) is 0 Å². The Hall–Kier alpha value is -1.68. The molecule has 1 aromatic carbocycles. The minimum absolute atomic E-state index is 0.180. The van der Waals surface area contributed by atoms with E-state index in [1.807, 2.05) is 18.2 Å². The zero-order valence-corrected chi connectivity index (χ0v) is 8.80. The molecule has 0 N–H and O–H groups in total. The molecule has 4 heteroatoms. The predicted molar refractivity (Wildman–Crippen MR) is 59.4 cm³/mol. The van der Waals surface area contributed by atoms with Gasteiger partial charge in [-0.1, -0.05) is 0 Å². The number of ether oxygens (including phenoxy) is 2. The molecule has 16 heavy (non-hydrogen) atoms. The van der Waals surface area contributed by atoms with Crippen LogP contribution in [0, 0.1) is 0 Å². The van der Waals surface area contributed by atoms with Crippen LogP contribution in [0.25, 0.3) is 10.9 Å². The lowest BCUT2D eigenvalue weighted by molar-refractivity contribution is 0.141. The highest BCUT2D eigenvalue weighted by Crippen LogP contribution is 2.21. The van der Waals surface area contributed by atoms with Gasteiger partial charge in [0, 0.05) is 24.1 Å². The molecule has 2 heterocycles. The van der Waals surface area contributed by atoms with E-state index in [9.17, 15) is 0 Å². The molecule has 4 nitrogen and oxygen atoms in total. The van der Waals surface area contributed by atoms with Gasteiger partial charge in [-0.3, -0.25) is 0 Å². The standard InChI is InChI=1S/C12H12N2O2/c1-2-10(16-11-3-4-15-7-11)5-12-9(1)6-13-8-14-12/h1-2,5-6,8,11H,3-4,7H2. The van der Waals surface area contributed by atoms with Crippen molar-refractivity contribution in [2.75, 3.05) is 13.2 Å². The van der Waals surface area contributed by atoms with Crippen LogP contribution in [-0.2, 0) is 4.74 Å². The minimum atomic E-state index is 0.180. The Morgan fingerprint density at radius 1 is 1.38 bits per heavy atom. The summed E-state index contributed by atoms with van der Waals surface area (Å²) >= 11 is 0. The summed E-state index contributed by atoms with van der Waals surface area (Å²) in [6.45, 7) is 1.47. The third kappa shape index (κ3) is 1.84. The van der Waals surface area contributed by atoms with Gasteiger partial charge in [0.05, 0.1) is 18.7 Å². The number of benzene rings is 1. The monoisotopic (exact) mass is 216 g/mol. The fraction of sp³-hybridized carbons (Fsp3) is 0.333. The van der Waals surface area contributed by atoms with E-state index in [4.69, 9.17) is 9.47 Å². The van der Waals surface area contributed by atoms with E-state index in [2.05, 4.69) is 9.97 Å². The number of rotatable bonds is 2. The van der Waals surface area contributed by atoms with Crippen LogP contribution in [0.15, 0.2) is 30.7 Å². The Labute approximate surface area is 93.2 Å². The normalized spacial score (nSPS) is 20.1. The summed E-state index contributed by atoms with van der Waals surface area (Å²) in [7, 11) is 0. The van der Waals surface area contributed by atoms with Crippen LogP contribution in [0.4, 0.5) is 0 Å². The van der Waals surface area contributed by atoms with E-state index >= 15 is 0 Å². The SMILES string of the molecule is c1ncc2ccc(OC3CCOC3)cc2n1. The summed E-state index contributed by atoms with van der Waals surface area (Å²) in [6.07, 6.45) is 4.48. The van der Waals surface area contributed by atoms with Gasteiger partial charge in [0.1, 0.15) is 18.2 Å². The van der Waals surface area contributed by atoms with Crippen molar-refractivity contribution in [1.29, 1.82) is 0 Å². The van der Waals surface area contributed by atoms with Gasteiger partial charge in [0.2, 0.25) is 0 Å². The fourth-order valence-electron chi connectivity index (χ4n) is 1.83. The molecule has 0 radical (unpaired) electrons. The van der Waals surface area contributed by atoms with Crippen molar-refractivity contribution in [3.8, 4) is 5.75 Å². The Bertz CT molecular complexity index is 495. The summed E-state index contributed by atoms with van der Waals surface area (Å²) in [5.74, 6) is 0.849. The van der Waals surface area contributed by atoms with Crippen molar-refractivity contribution >= 4 is 10.9 Å². The maximum absolute atomic E-state index is 5.80. The molecule has 1 fully saturated rings. The van der Waals surface area contributed by atoms with E-state index in [1.54, 1.807) is 12.5 Å². The summed E-state index contributed by atoms with van der Waals surface area (Å²) in [5.41, 5.74) is 0.909. The lowest BCUT2D eigenvalue weighted by Gasteiger charge is -2.11. The van der Waals surface area contributed by atoms with Gasteiger partial charge in [-0.2, -0.15) is 0 Å². The Morgan fingerprint density at radius 2 is 2.38 bits per heavy atom. The second kappa shape index (κ2) is 4.06.